The van der Waals surface area contributed by atoms with Crippen LogP contribution in [-0.2, 0) is 0 Å². The Balaban J connectivity index is 1.43. The highest BCUT2D eigenvalue weighted by Crippen LogP contribution is 2.37. The lowest BCUT2D eigenvalue weighted by molar-refractivity contribution is 0.0603. The van der Waals surface area contributed by atoms with Crippen molar-refractivity contribution in [2.24, 2.45) is 5.41 Å². The van der Waals surface area contributed by atoms with Gasteiger partial charge < -0.3 is 15.0 Å². The van der Waals surface area contributed by atoms with Crippen LogP contribution in [0.25, 0.3) is 10.6 Å². The second-order valence-corrected chi connectivity index (χ2v) is 7.84. The van der Waals surface area contributed by atoms with Gasteiger partial charge in [0.15, 0.2) is 0 Å². The Labute approximate surface area is 152 Å². The van der Waals surface area contributed by atoms with Crippen molar-refractivity contribution >= 4 is 17.2 Å². The van der Waals surface area contributed by atoms with Crippen LogP contribution < -0.4 is 10.1 Å². The van der Waals surface area contributed by atoms with E-state index in [1.54, 1.807) is 7.11 Å². The fourth-order valence-electron chi connectivity index (χ4n) is 3.81. The Morgan fingerprint density at radius 2 is 2.00 bits per heavy atom. The van der Waals surface area contributed by atoms with E-state index >= 15 is 0 Å². The van der Waals surface area contributed by atoms with E-state index in [1.807, 2.05) is 34.5 Å². The van der Waals surface area contributed by atoms with Crippen molar-refractivity contribution in [2.45, 2.75) is 19.3 Å². The molecule has 0 saturated carbocycles. The number of likely N-dealkylation sites (tertiary alicyclic amines) is 1. The van der Waals surface area contributed by atoms with Crippen LogP contribution in [0.4, 0.5) is 0 Å². The molecule has 2 fully saturated rings. The lowest BCUT2D eigenvalue weighted by Gasteiger charge is -2.38. The molecular weight excluding hydrogens is 334 g/mol. The Hall–Kier alpha value is -1.92. The van der Waals surface area contributed by atoms with Gasteiger partial charge in [-0.2, -0.15) is 0 Å². The SMILES string of the molecule is COc1ccc(-c2nc(C(=O)N3CCC4(CCNC4)CC3)cs2)cc1. The first-order valence-electron chi connectivity index (χ1n) is 8.79. The quantitative estimate of drug-likeness (QED) is 0.917. The summed E-state index contributed by atoms with van der Waals surface area (Å²) < 4.78 is 5.19. The number of thiazole rings is 1. The molecule has 1 aromatic heterocycles. The maximum absolute atomic E-state index is 12.8. The van der Waals surface area contributed by atoms with E-state index in [0.717, 1.165) is 55.3 Å². The summed E-state index contributed by atoms with van der Waals surface area (Å²) in [6.07, 6.45) is 3.44. The van der Waals surface area contributed by atoms with Crippen molar-refractivity contribution in [2.75, 3.05) is 33.3 Å². The minimum atomic E-state index is 0.0665. The molecular formula is C19H23N3O2S. The minimum absolute atomic E-state index is 0.0665. The van der Waals surface area contributed by atoms with Gasteiger partial charge in [-0.3, -0.25) is 4.79 Å². The van der Waals surface area contributed by atoms with Crippen LogP contribution in [0.15, 0.2) is 29.6 Å². The summed E-state index contributed by atoms with van der Waals surface area (Å²) in [4.78, 5) is 19.3. The Kier molecular flexibility index (Phi) is 4.48. The maximum Gasteiger partial charge on any atom is 0.273 e. The molecule has 2 aliphatic rings. The molecule has 0 radical (unpaired) electrons. The van der Waals surface area contributed by atoms with Gasteiger partial charge in [0.2, 0.25) is 0 Å². The maximum atomic E-state index is 12.8. The molecule has 6 heteroatoms. The highest BCUT2D eigenvalue weighted by molar-refractivity contribution is 7.13. The van der Waals surface area contributed by atoms with Crippen molar-refractivity contribution in [1.29, 1.82) is 0 Å². The predicted molar refractivity (Wildman–Crippen MR) is 99.2 cm³/mol. The van der Waals surface area contributed by atoms with Gasteiger partial charge in [-0.1, -0.05) is 0 Å². The van der Waals surface area contributed by atoms with Crippen molar-refractivity contribution in [1.82, 2.24) is 15.2 Å². The highest BCUT2D eigenvalue weighted by atomic mass is 32.1. The lowest BCUT2D eigenvalue weighted by Crippen LogP contribution is -2.44. The summed E-state index contributed by atoms with van der Waals surface area (Å²) >= 11 is 1.52. The standard InChI is InChI=1S/C19H23N3O2S/c1-24-15-4-2-14(3-5-15)17-21-16(12-25-17)18(23)22-10-7-19(8-11-22)6-9-20-13-19/h2-5,12,20H,6-11,13H2,1H3. The second kappa shape index (κ2) is 6.77. The fraction of sp³-hybridized carbons (Fsp3) is 0.474. The molecule has 2 saturated heterocycles. The van der Waals surface area contributed by atoms with Crippen LogP contribution in [0.2, 0.25) is 0 Å². The first kappa shape index (κ1) is 16.5. The Morgan fingerprint density at radius 1 is 1.24 bits per heavy atom. The molecule has 1 amide bonds. The third-order valence-corrected chi connectivity index (χ3v) is 6.40. The van der Waals surface area contributed by atoms with E-state index in [9.17, 15) is 4.79 Å². The van der Waals surface area contributed by atoms with Gasteiger partial charge in [0.1, 0.15) is 16.5 Å². The van der Waals surface area contributed by atoms with E-state index in [-0.39, 0.29) is 5.91 Å². The van der Waals surface area contributed by atoms with Crippen LogP contribution in [0.3, 0.4) is 0 Å². The second-order valence-electron chi connectivity index (χ2n) is 6.99. The molecule has 4 rings (SSSR count). The van der Waals surface area contributed by atoms with Gasteiger partial charge in [-0.15, -0.1) is 11.3 Å². The summed E-state index contributed by atoms with van der Waals surface area (Å²) in [7, 11) is 1.65. The van der Waals surface area contributed by atoms with Crippen molar-refractivity contribution in [3.05, 3.63) is 35.3 Å². The van der Waals surface area contributed by atoms with Gasteiger partial charge in [0, 0.05) is 30.6 Å². The van der Waals surface area contributed by atoms with Crippen molar-refractivity contribution < 1.29 is 9.53 Å². The molecule has 1 spiro atoms. The number of methoxy groups -OCH3 is 1. The van der Waals surface area contributed by atoms with Crippen molar-refractivity contribution in [3.8, 4) is 16.3 Å². The average Bonchev–Trinajstić information content (AvgIpc) is 3.32. The molecule has 0 atom stereocenters. The number of hydrogen-bond acceptors (Lipinski definition) is 5. The van der Waals surface area contributed by atoms with Gasteiger partial charge in [-0.25, -0.2) is 4.98 Å². The largest absolute Gasteiger partial charge is 0.497 e. The number of carbonyl (C=O) groups excluding carboxylic acids is 1. The first-order chi connectivity index (χ1) is 12.2. The Bertz CT molecular complexity index is 740. The molecule has 1 N–H and O–H groups in total. The van der Waals surface area contributed by atoms with Crippen LogP contribution >= 0.6 is 11.3 Å². The monoisotopic (exact) mass is 357 g/mol. The van der Waals surface area contributed by atoms with E-state index in [4.69, 9.17) is 4.74 Å². The summed E-state index contributed by atoms with van der Waals surface area (Å²) in [5.74, 6) is 0.886. The van der Waals surface area contributed by atoms with E-state index in [0.29, 0.717) is 11.1 Å². The molecule has 2 aliphatic heterocycles. The number of carbonyl (C=O) groups is 1. The number of benzene rings is 1. The van der Waals surface area contributed by atoms with Crippen LogP contribution in [-0.4, -0.2) is 49.1 Å². The zero-order chi connectivity index (χ0) is 17.3. The third kappa shape index (κ3) is 3.28. The number of rotatable bonds is 3. The number of nitrogens with one attached hydrogen (secondary N) is 1. The summed E-state index contributed by atoms with van der Waals surface area (Å²) in [5, 5.41) is 6.22. The number of piperidine rings is 1. The lowest BCUT2D eigenvalue weighted by atomic mass is 9.78. The molecule has 0 unspecified atom stereocenters. The fourth-order valence-corrected chi connectivity index (χ4v) is 4.61. The summed E-state index contributed by atoms with van der Waals surface area (Å²) in [6.45, 7) is 3.91. The predicted octanol–water partition coefficient (Wildman–Crippen LogP) is 3.03. The van der Waals surface area contributed by atoms with E-state index in [2.05, 4.69) is 10.3 Å². The molecule has 1 aromatic carbocycles. The molecule has 5 nitrogen and oxygen atoms in total. The van der Waals surface area contributed by atoms with Crippen molar-refractivity contribution in [3.63, 3.8) is 0 Å². The summed E-state index contributed by atoms with van der Waals surface area (Å²) in [5.41, 5.74) is 2.00. The molecule has 0 aliphatic carbocycles. The number of amides is 1. The molecule has 2 aromatic rings. The number of aromatic nitrogens is 1. The zero-order valence-electron chi connectivity index (χ0n) is 14.5. The van der Waals surface area contributed by atoms with Gasteiger partial charge in [0.25, 0.3) is 5.91 Å². The number of hydrogen-bond donors (Lipinski definition) is 1. The zero-order valence-corrected chi connectivity index (χ0v) is 15.3. The molecule has 0 bridgehead atoms. The number of ether oxygens (including phenoxy) is 1. The summed E-state index contributed by atoms with van der Waals surface area (Å²) in [6, 6.07) is 7.78. The van der Waals surface area contributed by atoms with Crippen LogP contribution in [0.1, 0.15) is 29.8 Å². The van der Waals surface area contributed by atoms with Crippen LogP contribution in [0, 0.1) is 5.41 Å². The topological polar surface area (TPSA) is 54.5 Å². The Morgan fingerprint density at radius 3 is 2.64 bits per heavy atom. The minimum Gasteiger partial charge on any atom is -0.497 e. The smallest absolute Gasteiger partial charge is 0.273 e. The molecule has 25 heavy (non-hydrogen) atoms. The van der Waals surface area contributed by atoms with Gasteiger partial charge >= 0.3 is 0 Å². The first-order valence-corrected chi connectivity index (χ1v) is 9.67. The highest BCUT2D eigenvalue weighted by Gasteiger charge is 2.38. The van der Waals surface area contributed by atoms with Crippen LogP contribution in [0.5, 0.6) is 5.75 Å². The van der Waals surface area contributed by atoms with E-state index < -0.39 is 0 Å². The average molecular weight is 357 g/mol. The normalized spacial score (nSPS) is 19.3. The third-order valence-electron chi connectivity index (χ3n) is 5.50. The number of nitrogens with zero attached hydrogens (tertiary/aromatic N) is 2. The van der Waals surface area contributed by atoms with E-state index in [1.165, 1.54) is 17.8 Å². The molecule has 3 heterocycles. The van der Waals surface area contributed by atoms with Gasteiger partial charge in [0.05, 0.1) is 7.11 Å². The van der Waals surface area contributed by atoms with Gasteiger partial charge in [-0.05, 0) is 55.5 Å². The molecule has 132 valence electrons.